The van der Waals surface area contributed by atoms with Crippen LogP contribution >= 0.6 is 0 Å². The molecule has 0 aromatic rings. The van der Waals surface area contributed by atoms with E-state index in [4.69, 9.17) is 5.73 Å². The number of hydrogen-bond acceptors (Lipinski definition) is 2. The van der Waals surface area contributed by atoms with Gasteiger partial charge in [0.15, 0.2) is 6.29 Å². The molecule has 1 fully saturated rings. The Morgan fingerprint density at radius 1 is 1.75 bits per heavy atom. The van der Waals surface area contributed by atoms with Gasteiger partial charge in [-0.25, -0.2) is 4.90 Å². The minimum Gasteiger partial charge on any atom is -0.318 e. The Bertz CT molecular complexity index is 64.1. The van der Waals surface area contributed by atoms with Crippen LogP contribution in [0.25, 0.3) is 0 Å². The highest BCUT2D eigenvalue weighted by molar-refractivity contribution is 4.52. The lowest BCUT2D eigenvalue weighted by Gasteiger charge is -2.26. The number of hydrogen-bond donors (Lipinski definition) is 2. The molecule has 1 saturated heterocycles. The molecule has 0 saturated carbocycles. The lowest BCUT2D eigenvalue weighted by atomic mass is 10.3. The van der Waals surface area contributed by atoms with Crippen molar-refractivity contribution in [3.8, 4) is 0 Å². The van der Waals surface area contributed by atoms with E-state index < -0.39 is 0 Å². The van der Waals surface area contributed by atoms with E-state index in [-0.39, 0.29) is 6.29 Å². The molecular weight excluding hydrogens is 102 g/mol. The van der Waals surface area contributed by atoms with E-state index in [1.54, 1.807) is 0 Å². The van der Waals surface area contributed by atoms with Gasteiger partial charge in [-0.15, -0.1) is 0 Å². The largest absolute Gasteiger partial charge is 0.318 e. The van der Waals surface area contributed by atoms with E-state index >= 15 is 0 Å². The zero-order valence-corrected chi connectivity index (χ0v) is 5.30. The summed E-state index contributed by atoms with van der Waals surface area (Å²) in [5.74, 6) is 0. The van der Waals surface area contributed by atoms with E-state index in [1.165, 1.54) is 13.0 Å². The molecule has 1 heterocycles. The van der Waals surface area contributed by atoms with Gasteiger partial charge in [0.25, 0.3) is 0 Å². The van der Waals surface area contributed by atoms with E-state index in [0.29, 0.717) is 0 Å². The average Bonchev–Trinajstić information content (AvgIpc) is 1.77. The standard InChI is InChI=1S/C5H13N3/c1-8-4-2-3-7-5(8)6/h5,7H,2-4,6H2,1H3/p+1. The first-order chi connectivity index (χ1) is 3.80. The molecule has 0 bridgehead atoms. The van der Waals surface area contributed by atoms with E-state index in [0.717, 1.165) is 6.54 Å². The fraction of sp³-hybridized carbons (Fsp3) is 1.00. The van der Waals surface area contributed by atoms with Crippen LogP contribution in [-0.2, 0) is 0 Å². The second-order valence-corrected chi connectivity index (χ2v) is 2.35. The molecule has 4 N–H and O–H groups in total. The summed E-state index contributed by atoms with van der Waals surface area (Å²) in [5.41, 5.74) is 5.65. The van der Waals surface area contributed by atoms with Crippen molar-refractivity contribution in [3.05, 3.63) is 0 Å². The lowest BCUT2D eigenvalue weighted by Crippen LogP contribution is -2.98. The summed E-state index contributed by atoms with van der Waals surface area (Å²) in [6.07, 6.45) is 1.48. The van der Waals surface area contributed by atoms with Crippen LogP contribution in [-0.4, -0.2) is 31.3 Å². The fourth-order valence-corrected chi connectivity index (χ4v) is 0.958. The Kier molecular flexibility index (Phi) is 1.83. The van der Waals surface area contributed by atoms with Gasteiger partial charge in [-0.3, -0.25) is 5.73 Å². The molecule has 0 amide bonds. The molecule has 1 aliphatic rings. The number of rotatable bonds is 0. The molecule has 0 aliphatic carbocycles. The van der Waals surface area contributed by atoms with Crippen LogP contribution in [0.3, 0.4) is 0 Å². The quantitative estimate of drug-likeness (QED) is 0.389. The number of nitrogens with zero attached hydrogens (tertiary/aromatic N) is 1. The third-order valence-corrected chi connectivity index (χ3v) is 1.63. The molecule has 0 radical (unpaired) electrons. The first-order valence-electron chi connectivity index (χ1n) is 3.10. The van der Waals surface area contributed by atoms with Gasteiger partial charge in [0.1, 0.15) is 0 Å². The van der Waals surface area contributed by atoms with Gasteiger partial charge in [-0.2, -0.15) is 0 Å². The minimum atomic E-state index is 0.212. The monoisotopic (exact) mass is 116 g/mol. The molecule has 0 aromatic heterocycles. The molecule has 1 aliphatic heterocycles. The fourth-order valence-electron chi connectivity index (χ4n) is 0.958. The molecule has 1 atom stereocenters. The maximum atomic E-state index is 5.65. The van der Waals surface area contributed by atoms with Crippen LogP contribution in [0.5, 0.6) is 0 Å². The van der Waals surface area contributed by atoms with Crippen molar-refractivity contribution in [2.75, 3.05) is 20.1 Å². The van der Waals surface area contributed by atoms with Crippen LogP contribution in [0.1, 0.15) is 6.42 Å². The van der Waals surface area contributed by atoms with Crippen molar-refractivity contribution in [3.63, 3.8) is 0 Å². The number of nitrogens with two attached hydrogens (primary N) is 2. The van der Waals surface area contributed by atoms with Crippen molar-refractivity contribution < 1.29 is 5.32 Å². The predicted molar refractivity (Wildman–Crippen MR) is 32.0 cm³/mol. The van der Waals surface area contributed by atoms with Crippen molar-refractivity contribution >= 4 is 0 Å². The summed E-state index contributed by atoms with van der Waals surface area (Å²) in [7, 11) is 2.06. The Morgan fingerprint density at radius 2 is 2.50 bits per heavy atom. The second-order valence-electron chi connectivity index (χ2n) is 2.35. The molecule has 1 rings (SSSR count). The highest BCUT2D eigenvalue weighted by atomic mass is 15.3. The van der Waals surface area contributed by atoms with E-state index in [9.17, 15) is 0 Å². The Balaban J connectivity index is 2.28. The smallest absolute Gasteiger partial charge is 0.196 e. The first kappa shape index (κ1) is 6.01. The Labute approximate surface area is 49.8 Å². The highest BCUT2D eigenvalue weighted by Gasteiger charge is 2.15. The molecule has 1 unspecified atom stereocenters. The topological polar surface area (TPSA) is 45.9 Å². The third-order valence-electron chi connectivity index (χ3n) is 1.63. The molecule has 3 nitrogen and oxygen atoms in total. The van der Waals surface area contributed by atoms with Gasteiger partial charge >= 0.3 is 0 Å². The molecule has 48 valence electrons. The zero-order valence-electron chi connectivity index (χ0n) is 5.30. The molecular formula is C5H14N3+. The van der Waals surface area contributed by atoms with Crippen LogP contribution < -0.4 is 11.1 Å². The summed E-state index contributed by atoms with van der Waals surface area (Å²) in [5, 5.41) is 2.16. The maximum Gasteiger partial charge on any atom is 0.196 e. The van der Waals surface area contributed by atoms with Crippen LogP contribution in [0.4, 0.5) is 0 Å². The van der Waals surface area contributed by atoms with Crippen molar-refractivity contribution in [2.24, 2.45) is 5.73 Å². The molecule has 0 spiro atoms. The second kappa shape index (κ2) is 2.44. The van der Waals surface area contributed by atoms with Crippen molar-refractivity contribution in [1.82, 2.24) is 4.90 Å². The lowest BCUT2D eigenvalue weighted by molar-refractivity contribution is -0.717. The average molecular weight is 116 g/mol. The Hall–Kier alpha value is -0.120. The van der Waals surface area contributed by atoms with Gasteiger partial charge in [0, 0.05) is 13.0 Å². The predicted octanol–water partition coefficient (Wildman–Crippen LogP) is -1.87. The van der Waals surface area contributed by atoms with Crippen LogP contribution in [0.15, 0.2) is 0 Å². The normalized spacial score (nSPS) is 33.0. The van der Waals surface area contributed by atoms with Gasteiger partial charge in [-0.1, -0.05) is 0 Å². The molecule has 3 heteroatoms. The van der Waals surface area contributed by atoms with E-state index in [2.05, 4.69) is 17.3 Å². The van der Waals surface area contributed by atoms with Crippen LogP contribution in [0.2, 0.25) is 0 Å². The molecule has 0 aromatic carbocycles. The highest BCUT2D eigenvalue weighted by Crippen LogP contribution is 1.87. The van der Waals surface area contributed by atoms with Gasteiger partial charge in [-0.05, 0) is 7.05 Å². The van der Waals surface area contributed by atoms with Crippen molar-refractivity contribution in [2.45, 2.75) is 12.7 Å². The summed E-state index contributed by atoms with van der Waals surface area (Å²) >= 11 is 0. The third kappa shape index (κ3) is 1.18. The van der Waals surface area contributed by atoms with Gasteiger partial charge < -0.3 is 5.32 Å². The van der Waals surface area contributed by atoms with E-state index in [1.807, 2.05) is 0 Å². The van der Waals surface area contributed by atoms with Crippen molar-refractivity contribution in [1.29, 1.82) is 0 Å². The summed E-state index contributed by atoms with van der Waals surface area (Å²) in [6.45, 7) is 2.34. The zero-order chi connectivity index (χ0) is 5.98. The Morgan fingerprint density at radius 3 is 2.88 bits per heavy atom. The van der Waals surface area contributed by atoms with Crippen LogP contribution in [0, 0.1) is 0 Å². The van der Waals surface area contributed by atoms with Gasteiger partial charge in [0.2, 0.25) is 0 Å². The molecule has 8 heavy (non-hydrogen) atoms. The summed E-state index contributed by atoms with van der Waals surface area (Å²) < 4.78 is 0. The number of quaternary nitrogens is 1. The summed E-state index contributed by atoms with van der Waals surface area (Å²) in [4.78, 5) is 2.16. The summed E-state index contributed by atoms with van der Waals surface area (Å²) in [6, 6.07) is 0. The SMILES string of the molecule is CN1CCC[NH2+]C1N. The maximum absolute atomic E-state index is 5.65. The first-order valence-corrected chi connectivity index (χ1v) is 3.10. The van der Waals surface area contributed by atoms with Gasteiger partial charge in [0.05, 0.1) is 6.54 Å². The minimum absolute atomic E-state index is 0.212.